The molecule has 0 unspecified atom stereocenters. The minimum atomic E-state index is -0.832. The molecule has 2 rings (SSSR count). The Morgan fingerprint density at radius 1 is 1.33 bits per heavy atom. The zero-order valence-electron chi connectivity index (χ0n) is 10.2. The summed E-state index contributed by atoms with van der Waals surface area (Å²) in [5.74, 6) is -1.66. The second-order valence-electron chi connectivity index (χ2n) is 4.13. The lowest BCUT2D eigenvalue weighted by atomic mass is 10.1. The number of hydrogen-bond donors (Lipinski definition) is 1. The highest BCUT2D eigenvalue weighted by atomic mass is 19.2. The Hall–Kier alpha value is -1.82. The Kier molecular flexibility index (Phi) is 3.66. The molecule has 18 heavy (non-hydrogen) atoms. The van der Waals surface area contributed by atoms with Gasteiger partial charge in [-0.15, -0.1) is 5.10 Å². The Morgan fingerprint density at radius 3 is 2.72 bits per heavy atom. The first-order chi connectivity index (χ1) is 8.58. The molecule has 0 saturated heterocycles. The molecule has 0 radical (unpaired) electrons. The summed E-state index contributed by atoms with van der Waals surface area (Å²) >= 11 is 0. The maximum atomic E-state index is 13.1. The monoisotopic (exact) mass is 252 g/mol. The Balaban J connectivity index is 2.01. The SMILES string of the molecule is C[C@H](NCc1cnnn1C)c1ccc(F)c(F)c1. The second-order valence-corrected chi connectivity index (χ2v) is 4.13. The lowest BCUT2D eigenvalue weighted by Gasteiger charge is -2.14. The molecule has 0 saturated carbocycles. The highest BCUT2D eigenvalue weighted by Crippen LogP contribution is 2.16. The molecule has 0 amide bonds. The van der Waals surface area contributed by atoms with Gasteiger partial charge in [-0.1, -0.05) is 11.3 Å². The van der Waals surface area contributed by atoms with Crippen LogP contribution < -0.4 is 5.32 Å². The summed E-state index contributed by atoms with van der Waals surface area (Å²) in [5, 5.41) is 10.8. The number of halogens is 2. The van der Waals surface area contributed by atoms with Crippen molar-refractivity contribution in [2.24, 2.45) is 7.05 Å². The van der Waals surface area contributed by atoms with Crippen LogP contribution in [-0.4, -0.2) is 15.0 Å². The third-order valence-electron chi connectivity index (χ3n) is 2.84. The molecule has 96 valence electrons. The molecular weight excluding hydrogens is 238 g/mol. The molecule has 0 spiro atoms. The molecular formula is C12H14F2N4. The molecule has 0 aliphatic heterocycles. The first kappa shape index (κ1) is 12.6. The van der Waals surface area contributed by atoms with E-state index in [9.17, 15) is 8.78 Å². The van der Waals surface area contributed by atoms with Gasteiger partial charge in [-0.25, -0.2) is 8.78 Å². The summed E-state index contributed by atoms with van der Waals surface area (Å²) < 4.78 is 27.6. The Labute approximate surface area is 104 Å². The minimum absolute atomic E-state index is 0.0880. The van der Waals surface area contributed by atoms with Crippen molar-refractivity contribution in [1.82, 2.24) is 20.3 Å². The van der Waals surface area contributed by atoms with Crippen LogP contribution in [0.5, 0.6) is 0 Å². The quantitative estimate of drug-likeness (QED) is 0.904. The van der Waals surface area contributed by atoms with Gasteiger partial charge in [-0.2, -0.15) is 0 Å². The zero-order valence-corrected chi connectivity index (χ0v) is 10.2. The van der Waals surface area contributed by atoms with Crippen molar-refractivity contribution in [2.75, 3.05) is 0 Å². The van der Waals surface area contributed by atoms with Gasteiger partial charge in [0, 0.05) is 19.6 Å². The average Bonchev–Trinajstić information content (AvgIpc) is 2.75. The van der Waals surface area contributed by atoms with Gasteiger partial charge in [0.05, 0.1) is 11.9 Å². The Bertz CT molecular complexity index is 539. The predicted octanol–water partition coefficient (Wildman–Crippen LogP) is 1.94. The summed E-state index contributed by atoms with van der Waals surface area (Å²) in [5.41, 5.74) is 1.62. The number of nitrogens with zero attached hydrogens (tertiary/aromatic N) is 3. The number of hydrogen-bond acceptors (Lipinski definition) is 3. The molecule has 1 aromatic heterocycles. The van der Waals surface area contributed by atoms with E-state index >= 15 is 0 Å². The van der Waals surface area contributed by atoms with Gasteiger partial charge in [-0.05, 0) is 24.6 Å². The molecule has 2 aromatic rings. The fraction of sp³-hybridized carbons (Fsp3) is 0.333. The van der Waals surface area contributed by atoms with Gasteiger partial charge < -0.3 is 5.32 Å². The molecule has 1 N–H and O–H groups in total. The summed E-state index contributed by atoms with van der Waals surface area (Å²) in [7, 11) is 1.80. The van der Waals surface area contributed by atoms with Crippen LogP contribution in [0.1, 0.15) is 24.2 Å². The van der Waals surface area contributed by atoms with E-state index in [1.165, 1.54) is 6.07 Å². The first-order valence-electron chi connectivity index (χ1n) is 5.60. The van der Waals surface area contributed by atoms with Crippen molar-refractivity contribution in [3.05, 3.63) is 47.3 Å². The molecule has 1 atom stereocenters. The molecule has 0 bridgehead atoms. The summed E-state index contributed by atoms with van der Waals surface area (Å²) in [6.45, 7) is 2.44. The van der Waals surface area contributed by atoms with Crippen LogP contribution in [0.15, 0.2) is 24.4 Å². The van der Waals surface area contributed by atoms with Crippen LogP contribution >= 0.6 is 0 Å². The largest absolute Gasteiger partial charge is 0.305 e. The highest BCUT2D eigenvalue weighted by molar-refractivity contribution is 5.20. The van der Waals surface area contributed by atoms with E-state index in [2.05, 4.69) is 15.6 Å². The van der Waals surface area contributed by atoms with Gasteiger partial charge in [0.2, 0.25) is 0 Å². The van der Waals surface area contributed by atoms with E-state index in [4.69, 9.17) is 0 Å². The van der Waals surface area contributed by atoms with Crippen LogP contribution in [0.2, 0.25) is 0 Å². The number of aromatic nitrogens is 3. The summed E-state index contributed by atoms with van der Waals surface area (Å²) in [6.07, 6.45) is 1.66. The van der Waals surface area contributed by atoms with E-state index in [1.54, 1.807) is 24.0 Å². The minimum Gasteiger partial charge on any atom is -0.305 e. The zero-order chi connectivity index (χ0) is 13.1. The van der Waals surface area contributed by atoms with Crippen molar-refractivity contribution < 1.29 is 8.78 Å². The highest BCUT2D eigenvalue weighted by Gasteiger charge is 2.09. The van der Waals surface area contributed by atoms with E-state index in [-0.39, 0.29) is 6.04 Å². The molecule has 1 heterocycles. The van der Waals surface area contributed by atoms with Crippen molar-refractivity contribution in [1.29, 1.82) is 0 Å². The van der Waals surface area contributed by atoms with Gasteiger partial charge in [0.15, 0.2) is 11.6 Å². The van der Waals surface area contributed by atoms with Crippen LogP contribution in [-0.2, 0) is 13.6 Å². The smallest absolute Gasteiger partial charge is 0.159 e. The normalized spacial score (nSPS) is 12.7. The average molecular weight is 252 g/mol. The number of rotatable bonds is 4. The van der Waals surface area contributed by atoms with Crippen LogP contribution in [0, 0.1) is 11.6 Å². The Morgan fingerprint density at radius 2 is 2.11 bits per heavy atom. The molecule has 0 aliphatic carbocycles. The van der Waals surface area contributed by atoms with Gasteiger partial charge in [0.1, 0.15) is 0 Å². The third kappa shape index (κ3) is 2.70. The maximum absolute atomic E-state index is 13.1. The number of benzene rings is 1. The maximum Gasteiger partial charge on any atom is 0.159 e. The van der Waals surface area contributed by atoms with Gasteiger partial charge >= 0.3 is 0 Å². The van der Waals surface area contributed by atoms with E-state index in [0.717, 1.165) is 11.8 Å². The lowest BCUT2D eigenvalue weighted by Crippen LogP contribution is -2.20. The molecule has 1 aromatic carbocycles. The lowest BCUT2D eigenvalue weighted by molar-refractivity contribution is 0.498. The van der Waals surface area contributed by atoms with Gasteiger partial charge in [-0.3, -0.25) is 4.68 Å². The molecule has 4 nitrogen and oxygen atoms in total. The fourth-order valence-electron chi connectivity index (χ4n) is 1.63. The van der Waals surface area contributed by atoms with Crippen LogP contribution in [0.4, 0.5) is 8.78 Å². The van der Waals surface area contributed by atoms with E-state index in [0.29, 0.717) is 12.1 Å². The van der Waals surface area contributed by atoms with Crippen molar-refractivity contribution in [2.45, 2.75) is 19.5 Å². The number of nitrogens with one attached hydrogen (secondary N) is 1. The molecule has 0 fully saturated rings. The summed E-state index contributed by atoms with van der Waals surface area (Å²) in [4.78, 5) is 0. The van der Waals surface area contributed by atoms with Gasteiger partial charge in [0.25, 0.3) is 0 Å². The standard InChI is InChI=1S/C12H14F2N4/c1-8(9-3-4-11(13)12(14)5-9)15-6-10-7-16-17-18(10)2/h3-5,7-8,15H,6H2,1-2H3/t8-/m0/s1. The number of aryl methyl sites for hydroxylation is 1. The van der Waals surface area contributed by atoms with Crippen molar-refractivity contribution >= 4 is 0 Å². The van der Waals surface area contributed by atoms with Crippen LogP contribution in [0.25, 0.3) is 0 Å². The summed E-state index contributed by atoms with van der Waals surface area (Å²) in [6, 6.07) is 3.82. The predicted molar refractivity (Wildman–Crippen MR) is 62.6 cm³/mol. The molecule has 0 aliphatic rings. The van der Waals surface area contributed by atoms with Crippen molar-refractivity contribution in [3.8, 4) is 0 Å². The fourth-order valence-corrected chi connectivity index (χ4v) is 1.63. The van der Waals surface area contributed by atoms with E-state index < -0.39 is 11.6 Å². The van der Waals surface area contributed by atoms with Crippen LogP contribution in [0.3, 0.4) is 0 Å². The third-order valence-corrected chi connectivity index (χ3v) is 2.84. The van der Waals surface area contributed by atoms with Crippen molar-refractivity contribution in [3.63, 3.8) is 0 Å². The molecule has 6 heteroatoms. The second kappa shape index (κ2) is 5.22. The first-order valence-corrected chi connectivity index (χ1v) is 5.60. The van der Waals surface area contributed by atoms with E-state index in [1.807, 2.05) is 6.92 Å². The topological polar surface area (TPSA) is 42.7 Å².